The van der Waals surface area contributed by atoms with Gasteiger partial charge >= 0.3 is 0 Å². The van der Waals surface area contributed by atoms with Crippen LogP contribution in [-0.2, 0) is 9.59 Å². The summed E-state index contributed by atoms with van der Waals surface area (Å²) in [7, 11) is 0. The van der Waals surface area contributed by atoms with Crippen molar-refractivity contribution in [3.63, 3.8) is 0 Å². The molecule has 2 amide bonds. The van der Waals surface area contributed by atoms with Gasteiger partial charge in [-0.05, 0) is 25.0 Å². The van der Waals surface area contributed by atoms with Crippen molar-refractivity contribution in [3.05, 3.63) is 29.3 Å². The van der Waals surface area contributed by atoms with Gasteiger partial charge in [0.25, 0.3) is 0 Å². The van der Waals surface area contributed by atoms with Crippen LogP contribution in [0.3, 0.4) is 0 Å². The average molecular weight is 253 g/mol. The van der Waals surface area contributed by atoms with Gasteiger partial charge in [-0.1, -0.05) is 23.7 Å². The van der Waals surface area contributed by atoms with Gasteiger partial charge in [0.15, 0.2) is 0 Å². The molecule has 0 aliphatic heterocycles. The first kappa shape index (κ1) is 11.9. The second-order valence-electron chi connectivity index (χ2n) is 4.02. The molecule has 0 aromatic heterocycles. The number of para-hydroxylation sites is 1. The number of halogens is 1. The highest BCUT2D eigenvalue weighted by Gasteiger charge is 2.29. The van der Waals surface area contributed by atoms with Crippen LogP contribution in [0.15, 0.2) is 24.3 Å². The van der Waals surface area contributed by atoms with Crippen molar-refractivity contribution < 1.29 is 9.59 Å². The molecule has 0 radical (unpaired) electrons. The van der Waals surface area contributed by atoms with Gasteiger partial charge in [0, 0.05) is 5.92 Å². The van der Waals surface area contributed by atoms with E-state index < -0.39 is 0 Å². The standard InChI is InChI=1S/C12H13ClN2O2/c13-9-3-1-2-4-10(9)15-11(16)7-14-12(17)8-5-6-8/h1-4,8H,5-7H2,(H,14,17)(H,15,16). The third kappa shape index (κ3) is 3.46. The van der Waals surface area contributed by atoms with Crippen molar-refractivity contribution in [2.45, 2.75) is 12.8 Å². The van der Waals surface area contributed by atoms with Crippen LogP contribution in [0.25, 0.3) is 0 Å². The summed E-state index contributed by atoms with van der Waals surface area (Å²) in [5, 5.41) is 5.71. The summed E-state index contributed by atoms with van der Waals surface area (Å²) in [6.07, 6.45) is 1.86. The number of rotatable bonds is 4. The highest BCUT2D eigenvalue weighted by molar-refractivity contribution is 6.33. The van der Waals surface area contributed by atoms with E-state index in [2.05, 4.69) is 10.6 Å². The van der Waals surface area contributed by atoms with Gasteiger partial charge in [0.1, 0.15) is 0 Å². The summed E-state index contributed by atoms with van der Waals surface area (Å²) in [4.78, 5) is 22.8. The van der Waals surface area contributed by atoms with E-state index >= 15 is 0 Å². The largest absolute Gasteiger partial charge is 0.347 e. The van der Waals surface area contributed by atoms with E-state index in [1.165, 1.54) is 0 Å². The number of hydrogen-bond acceptors (Lipinski definition) is 2. The monoisotopic (exact) mass is 252 g/mol. The molecule has 0 bridgehead atoms. The average Bonchev–Trinajstić information content (AvgIpc) is 3.13. The summed E-state index contributed by atoms with van der Waals surface area (Å²) in [5.74, 6) is -0.200. The van der Waals surface area contributed by atoms with Crippen molar-refractivity contribution in [2.75, 3.05) is 11.9 Å². The SMILES string of the molecule is O=C(CNC(=O)C1CC1)Nc1ccccc1Cl. The number of nitrogens with one attached hydrogen (secondary N) is 2. The number of carbonyl (C=O) groups excluding carboxylic acids is 2. The van der Waals surface area contributed by atoms with Crippen molar-refractivity contribution in [1.82, 2.24) is 5.32 Å². The summed E-state index contributed by atoms with van der Waals surface area (Å²) in [6, 6.07) is 6.97. The van der Waals surface area contributed by atoms with Gasteiger partial charge in [0.05, 0.1) is 17.3 Å². The van der Waals surface area contributed by atoms with Gasteiger partial charge in [-0.25, -0.2) is 0 Å². The maximum Gasteiger partial charge on any atom is 0.243 e. The molecule has 2 N–H and O–H groups in total. The molecule has 0 heterocycles. The van der Waals surface area contributed by atoms with Crippen LogP contribution < -0.4 is 10.6 Å². The van der Waals surface area contributed by atoms with E-state index in [9.17, 15) is 9.59 Å². The van der Waals surface area contributed by atoms with Gasteiger partial charge in [-0.2, -0.15) is 0 Å². The van der Waals surface area contributed by atoms with Gasteiger partial charge in [-0.15, -0.1) is 0 Å². The second-order valence-corrected chi connectivity index (χ2v) is 4.43. The van der Waals surface area contributed by atoms with Crippen molar-refractivity contribution in [1.29, 1.82) is 0 Å². The fourth-order valence-electron chi connectivity index (χ4n) is 1.41. The number of carbonyl (C=O) groups is 2. The number of hydrogen-bond donors (Lipinski definition) is 2. The van der Waals surface area contributed by atoms with Gasteiger partial charge in [0.2, 0.25) is 11.8 Å². The zero-order chi connectivity index (χ0) is 12.3. The quantitative estimate of drug-likeness (QED) is 0.859. The molecule has 0 saturated heterocycles. The minimum Gasteiger partial charge on any atom is -0.347 e. The lowest BCUT2D eigenvalue weighted by atomic mass is 10.3. The molecule has 1 aliphatic rings. The lowest BCUT2D eigenvalue weighted by Crippen LogP contribution is -2.33. The first-order valence-corrected chi connectivity index (χ1v) is 5.86. The molecular weight excluding hydrogens is 240 g/mol. The molecule has 1 aliphatic carbocycles. The second kappa shape index (κ2) is 5.19. The number of benzene rings is 1. The van der Waals surface area contributed by atoms with Crippen LogP contribution in [0.2, 0.25) is 5.02 Å². The predicted octanol–water partition coefficient (Wildman–Crippen LogP) is 1.80. The molecule has 0 spiro atoms. The Balaban J connectivity index is 1.80. The lowest BCUT2D eigenvalue weighted by Gasteiger charge is -2.07. The molecule has 0 atom stereocenters. The Hall–Kier alpha value is -1.55. The molecule has 1 saturated carbocycles. The Kier molecular flexibility index (Phi) is 3.64. The smallest absolute Gasteiger partial charge is 0.243 e. The Labute approximate surface area is 104 Å². The molecule has 1 aromatic rings. The van der Waals surface area contributed by atoms with E-state index in [1.54, 1.807) is 24.3 Å². The Bertz CT molecular complexity index is 444. The fraction of sp³-hybridized carbons (Fsp3) is 0.333. The minimum atomic E-state index is -0.271. The van der Waals surface area contributed by atoms with Gasteiger partial charge in [-0.3, -0.25) is 9.59 Å². The van der Waals surface area contributed by atoms with E-state index in [0.29, 0.717) is 10.7 Å². The van der Waals surface area contributed by atoms with E-state index in [4.69, 9.17) is 11.6 Å². The molecule has 4 nitrogen and oxygen atoms in total. The lowest BCUT2D eigenvalue weighted by molar-refractivity contribution is -0.125. The molecule has 90 valence electrons. The Morgan fingerprint density at radius 1 is 1.29 bits per heavy atom. The maximum absolute atomic E-state index is 11.5. The molecule has 1 aromatic carbocycles. The van der Waals surface area contributed by atoms with E-state index in [1.807, 2.05) is 0 Å². The van der Waals surface area contributed by atoms with E-state index in [-0.39, 0.29) is 24.3 Å². The highest BCUT2D eigenvalue weighted by Crippen LogP contribution is 2.28. The van der Waals surface area contributed by atoms with Crippen molar-refractivity contribution >= 4 is 29.1 Å². The Morgan fingerprint density at radius 2 is 2.00 bits per heavy atom. The summed E-state index contributed by atoms with van der Waals surface area (Å²) in [6.45, 7) is -0.0133. The zero-order valence-electron chi connectivity index (χ0n) is 9.20. The van der Waals surface area contributed by atoms with Crippen LogP contribution in [-0.4, -0.2) is 18.4 Å². The molecular formula is C12H13ClN2O2. The molecule has 2 rings (SSSR count). The number of anilines is 1. The summed E-state index contributed by atoms with van der Waals surface area (Å²) in [5.41, 5.74) is 0.555. The molecule has 1 fully saturated rings. The first-order valence-electron chi connectivity index (χ1n) is 5.49. The number of amides is 2. The first-order chi connectivity index (χ1) is 8.16. The zero-order valence-corrected chi connectivity index (χ0v) is 9.96. The topological polar surface area (TPSA) is 58.2 Å². The maximum atomic E-state index is 11.5. The van der Waals surface area contributed by atoms with Crippen LogP contribution in [0.1, 0.15) is 12.8 Å². The highest BCUT2D eigenvalue weighted by atomic mass is 35.5. The van der Waals surface area contributed by atoms with Crippen LogP contribution >= 0.6 is 11.6 Å². The Morgan fingerprint density at radius 3 is 2.65 bits per heavy atom. The predicted molar refractivity (Wildman–Crippen MR) is 65.8 cm³/mol. The fourth-order valence-corrected chi connectivity index (χ4v) is 1.60. The molecule has 5 heteroatoms. The van der Waals surface area contributed by atoms with Crippen molar-refractivity contribution in [2.24, 2.45) is 5.92 Å². The normalized spacial score (nSPS) is 14.2. The minimum absolute atomic E-state index is 0.0133. The summed E-state index contributed by atoms with van der Waals surface area (Å²) < 4.78 is 0. The van der Waals surface area contributed by atoms with Crippen LogP contribution in [0.5, 0.6) is 0 Å². The van der Waals surface area contributed by atoms with Crippen LogP contribution in [0, 0.1) is 5.92 Å². The third-order valence-electron chi connectivity index (χ3n) is 2.52. The van der Waals surface area contributed by atoms with Gasteiger partial charge < -0.3 is 10.6 Å². The molecule has 0 unspecified atom stereocenters. The third-order valence-corrected chi connectivity index (χ3v) is 2.85. The van der Waals surface area contributed by atoms with Crippen LogP contribution in [0.4, 0.5) is 5.69 Å². The van der Waals surface area contributed by atoms with Crippen molar-refractivity contribution in [3.8, 4) is 0 Å². The molecule has 17 heavy (non-hydrogen) atoms. The van der Waals surface area contributed by atoms with E-state index in [0.717, 1.165) is 12.8 Å². The summed E-state index contributed by atoms with van der Waals surface area (Å²) >= 11 is 5.89.